The Hall–Kier alpha value is -1.61. The Morgan fingerprint density at radius 3 is 2.75 bits per heavy atom. The Morgan fingerprint density at radius 2 is 2.19 bits per heavy atom. The number of pyridine rings is 1. The van der Waals surface area contributed by atoms with Gasteiger partial charge < -0.3 is 5.32 Å². The lowest BCUT2D eigenvalue weighted by molar-refractivity contribution is 0.602. The van der Waals surface area contributed by atoms with Crippen LogP contribution >= 0.6 is 0 Å². The van der Waals surface area contributed by atoms with Gasteiger partial charge in [0, 0.05) is 18.5 Å². The van der Waals surface area contributed by atoms with E-state index in [2.05, 4.69) is 10.3 Å². The molecule has 0 amide bonds. The van der Waals surface area contributed by atoms with Crippen LogP contribution in [0.1, 0.15) is 11.3 Å². The molecule has 0 unspecified atom stereocenters. The number of anilines is 1. The number of sulfone groups is 1. The van der Waals surface area contributed by atoms with E-state index < -0.39 is 9.84 Å². The van der Waals surface area contributed by atoms with Crippen LogP contribution in [-0.2, 0) is 9.84 Å². The van der Waals surface area contributed by atoms with Gasteiger partial charge in [0.15, 0.2) is 0 Å². The van der Waals surface area contributed by atoms with E-state index in [1.165, 1.54) is 6.26 Å². The summed E-state index contributed by atoms with van der Waals surface area (Å²) >= 11 is 0. The molecular formula is C10H13N3O2S. The second-order valence-corrected chi connectivity index (χ2v) is 5.78. The first-order valence-corrected chi connectivity index (χ1v) is 6.78. The van der Waals surface area contributed by atoms with Crippen LogP contribution in [0.25, 0.3) is 0 Å². The zero-order valence-electron chi connectivity index (χ0n) is 9.19. The first-order chi connectivity index (χ1) is 7.42. The molecule has 16 heavy (non-hydrogen) atoms. The number of aryl methyl sites for hydroxylation is 1. The molecule has 0 aliphatic carbocycles. The van der Waals surface area contributed by atoms with Crippen molar-refractivity contribution in [3.05, 3.63) is 23.4 Å². The minimum atomic E-state index is -3.00. The third kappa shape index (κ3) is 3.87. The number of nitriles is 1. The van der Waals surface area contributed by atoms with E-state index in [-0.39, 0.29) is 12.3 Å². The highest BCUT2D eigenvalue weighted by Gasteiger charge is 2.05. The summed E-state index contributed by atoms with van der Waals surface area (Å²) in [4.78, 5) is 4.14. The van der Waals surface area contributed by atoms with Crippen LogP contribution in [0.5, 0.6) is 0 Å². The van der Waals surface area contributed by atoms with E-state index in [0.29, 0.717) is 11.4 Å². The normalized spacial score (nSPS) is 10.8. The lowest BCUT2D eigenvalue weighted by Gasteiger charge is -2.06. The largest absolute Gasteiger partial charge is 0.368 e. The number of aromatic nitrogens is 1. The Bertz CT molecular complexity index is 517. The maximum atomic E-state index is 10.9. The minimum Gasteiger partial charge on any atom is -0.368 e. The van der Waals surface area contributed by atoms with Gasteiger partial charge in [-0.1, -0.05) is 0 Å². The Morgan fingerprint density at radius 1 is 1.50 bits per heavy atom. The van der Waals surface area contributed by atoms with Crippen LogP contribution in [0.3, 0.4) is 0 Å². The van der Waals surface area contributed by atoms with Crippen LogP contribution in [0.15, 0.2) is 12.1 Å². The maximum absolute atomic E-state index is 10.9. The Kier molecular flexibility index (Phi) is 3.85. The summed E-state index contributed by atoms with van der Waals surface area (Å²) < 4.78 is 21.8. The van der Waals surface area contributed by atoms with Gasteiger partial charge in [0.1, 0.15) is 21.7 Å². The number of rotatable bonds is 4. The highest BCUT2D eigenvalue weighted by atomic mass is 32.2. The summed E-state index contributed by atoms with van der Waals surface area (Å²) in [5.41, 5.74) is 1.19. The average Bonchev–Trinajstić information content (AvgIpc) is 2.16. The van der Waals surface area contributed by atoms with E-state index in [1.54, 1.807) is 12.1 Å². The monoisotopic (exact) mass is 239 g/mol. The van der Waals surface area contributed by atoms with Crippen molar-refractivity contribution >= 4 is 15.7 Å². The summed E-state index contributed by atoms with van der Waals surface area (Å²) in [5, 5.41) is 11.7. The predicted molar refractivity (Wildman–Crippen MR) is 61.9 cm³/mol. The van der Waals surface area contributed by atoms with Gasteiger partial charge in [-0.05, 0) is 19.1 Å². The van der Waals surface area contributed by atoms with E-state index in [4.69, 9.17) is 5.26 Å². The van der Waals surface area contributed by atoms with Crippen molar-refractivity contribution in [2.75, 3.05) is 23.9 Å². The average molecular weight is 239 g/mol. The van der Waals surface area contributed by atoms with Gasteiger partial charge in [-0.2, -0.15) is 5.26 Å². The predicted octanol–water partition coefficient (Wildman–Crippen LogP) is 0.718. The molecule has 1 rings (SSSR count). The molecule has 0 atom stereocenters. The van der Waals surface area contributed by atoms with Crippen LogP contribution in [0.4, 0.5) is 5.82 Å². The standard InChI is InChI=1S/C10H13N3O2S/c1-8-3-4-9(7-11)10(13-8)12-5-6-16(2,14)15/h3-4H,5-6H2,1-2H3,(H,12,13). The Labute approximate surface area is 95.0 Å². The van der Waals surface area contributed by atoms with Gasteiger partial charge in [-0.15, -0.1) is 0 Å². The number of hydrogen-bond donors (Lipinski definition) is 1. The van der Waals surface area contributed by atoms with Crippen LogP contribution < -0.4 is 5.32 Å². The SMILES string of the molecule is Cc1ccc(C#N)c(NCCS(C)(=O)=O)n1. The highest BCUT2D eigenvalue weighted by molar-refractivity contribution is 7.90. The number of hydrogen-bond acceptors (Lipinski definition) is 5. The van der Waals surface area contributed by atoms with Crippen molar-refractivity contribution in [2.45, 2.75) is 6.92 Å². The van der Waals surface area contributed by atoms with Gasteiger partial charge in [-0.25, -0.2) is 13.4 Å². The van der Waals surface area contributed by atoms with Gasteiger partial charge in [0.05, 0.1) is 11.3 Å². The number of nitrogens with zero attached hydrogens (tertiary/aromatic N) is 2. The van der Waals surface area contributed by atoms with Gasteiger partial charge in [0.25, 0.3) is 0 Å². The van der Waals surface area contributed by atoms with E-state index in [1.807, 2.05) is 13.0 Å². The van der Waals surface area contributed by atoms with Crippen molar-refractivity contribution in [1.82, 2.24) is 4.98 Å². The zero-order chi connectivity index (χ0) is 12.2. The van der Waals surface area contributed by atoms with Gasteiger partial charge >= 0.3 is 0 Å². The second-order valence-electron chi connectivity index (χ2n) is 3.52. The molecule has 0 saturated heterocycles. The fourth-order valence-corrected chi connectivity index (χ4v) is 1.61. The van der Waals surface area contributed by atoms with Crippen molar-refractivity contribution in [1.29, 1.82) is 5.26 Å². The zero-order valence-corrected chi connectivity index (χ0v) is 10.0. The molecule has 0 bridgehead atoms. The molecular weight excluding hydrogens is 226 g/mol. The van der Waals surface area contributed by atoms with E-state index in [9.17, 15) is 8.42 Å². The quantitative estimate of drug-likeness (QED) is 0.837. The van der Waals surface area contributed by atoms with Gasteiger partial charge in [0.2, 0.25) is 0 Å². The summed E-state index contributed by atoms with van der Waals surface area (Å²) in [7, 11) is -3.00. The first kappa shape index (κ1) is 12.5. The molecule has 1 heterocycles. The highest BCUT2D eigenvalue weighted by Crippen LogP contribution is 2.11. The smallest absolute Gasteiger partial charge is 0.149 e. The molecule has 0 spiro atoms. The van der Waals surface area contributed by atoms with Crippen molar-refractivity contribution in [3.63, 3.8) is 0 Å². The third-order valence-corrected chi connectivity index (χ3v) is 2.87. The van der Waals surface area contributed by atoms with Crippen LogP contribution in [-0.4, -0.2) is 32.0 Å². The molecule has 0 aliphatic rings. The second kappa shape index (κ2) is 4.94. The van der Waals surface area contributed by atoms with E-state index >= 15 is 0 Å². The molecule has 1 aromatic rings. The number of nitrogens with one attached hydrogen (secondary N) is 1. The van der Waals surface area contributed by atoms with Crippen molar-refractivity contribution < 1.29 is 8.42 Å². The Balaban J connectivity index is 2.74. The molecule has 5 nitrogen and oxygen atoms in total. The third-order valence-electron chi connectivity index (χ3n) is 1.92. The van der Waals surface area contributed by atoms with Crippen LogP contribution in [0, 0.1) is 18.3 Å². The summed E-state index contributed by atoms with van der Waals surface area (Å²) in [6, 6.07) is 5.39. The topological polar surface area (TPSA) is 82.9 Å². The molecule has 0 radical (unpaired) electrons. The molecule has 86 valence electrons. The summed E-state index contributed by atoms with van der Waals surface area (Å²) in [6.45, 7) is 2.06. The molecule has 1 N–H and O–H groups in total. The first-order valence-electron chi connectivity index (χ1n) is 4.72. The minimum absolute atomic E-state index is 0.0213. The van der Waals surface area contributed by atoms with Crippen molar-refractivity contribution in [3.8, 4) is 6.07 Å². The summed E-state index contributed by atoms with van der Waals surface area (Å²) in [5.74, 6) is 0.458. The molecule has 1 aromatic heterocycles. The van der Waals surface area contributed by atoms with Gasteiger partial charge in [-0.3, -0.25) is 0 Å². The molecule has 0 saturated carbocycles. The summed E-state index contributed by atoms with van der Waals surface area (Å²) in [6.07, 6.45) is 1.17. The molecule has 0 aliphatic heterocycles. The van der Waals surface area contributed by atoms with Crippen molar-refractivity contribution in [2.24, 2.45) is 0 Å². The lowest BCUT2D eigenvalue weighted by atomic mass is 10.2. The molecule has 0 fully saturated rings. The molecule has 0 aromatic carbocycles. The fourth-order valence-electron chi connectivity index (χ4n) is 1.14. The fraction of sp³-hybridized carbons (Fsp3) is 0.400. The van der Waals surface area contributed by atoms with Crippen LogP contribution in [0.2, 0.25) is 0 Å². The van der Waals surface area contributed by atoms with E-state index in [0.717, 1.165) is 5.69 Å². The maximum Gasteiger partial charge on any atom is 0.149 e. The lowest BCUT2D eigenvalue weighted by Crippen LogP contribution is -2.15. The molecule has 6 heteroatoms.